The van der Waals surface area contributed by atoms with Crippen molar-refractivity contribution in [3.63, 3.8) is 0 Å². The summed E-state index contributed by atoms with van der Waals surface area (Å²) in [6.45, 7) is 1.62. The Morgan fingerprint density at radius 2 is 2.58 bits per heavy atom. The fourth-order valence-electron chi connectivity index (χ4n) is 0.706. The van der Waals surface area contributed by atoms with Gasteiger partial charge in [-0.3, -0.25) is 0 Å². The minimum absolute atomic E-state index is 0.257. The molecule has 0 aliphatic carbocycles. The zero-order chi connectivity index (χ0) is 8.81. The molecule has 0 aromatic carbocycles. The Kier molecular flexibility index (Phi) is 4.24. The van der Waals surface area contributed by atoms with Gasteiger partial charge >= 0.3 is 0 Å². The Morgan fingerprint density at radius 3 is 3.17 bits per heavy atom. The first-order valence-electron chi connectivity index (χ1n) is 3.67. The predicted octanol–water partition coefficient (Wildman–Crippen LogP) is 2.00. The second kappa shape index (κ2) is 5.27. The summed E-state index contributed by atoms with van der Waals surface area (Å²) in [7, 11) is 0. The van der Waals surface area contributed by atoms with Gasteiger partial charge in [0.1, 0.15) is 11.3 Å². The van der Waals surface area contributed by atoms with E-state index in [1.165, 1.54) is 11.3 Å². The zero-order valence-electron chi connectivity index (χ0n) is 6.82. The van der Waals surface area contributed by atoms with Crippen molar-refractivity contribution < 1.29 is 4.79 Å². The summed E-state index contributed by atoms with van der Waals surface area (Å²) >= 11 is 3.20. The maximum absolute atomic E-state index is 10.6. The molecule has 0 unspecified atom stereocenters. The van der Waals surface area contributed by atoms with Crippen LogP contribution in [-0.2, 0) is 4.79 Å². The monoisotopic (exact) mass is 202 g/mol. The number of ketones is 1. The first-order chi connectivity index (χ1) is 5.79. The number of aromatic nitrogens is 2. The van der Waals surface area contributed by atoms with Crippen LogP contribution in [0.2, 0.25) is 0 Å². The van der Waals surface area contributed by atoms with Crippen molar-refractivity contribution >= 4 is 28.9 Å². The molecule has 1 aromatic heterocycles. The lowest BCUT2D eigenvalue weighted by Gasteiger charge is -1.93. The van der Waals surface area contributed by atoms with Gasteiger partial charge in [0.15, 0.2) is 4.34 Å². The smallest absolute Gasteiger partial charge is 0.174 e. The van der Waals surface area contributed by atoms with Crippen molar-refractivity contribution in [3.8, 4) is 0 Å². The van der Waals surface area contributed by atoms with Crippen molar-refractivity contribution in [2.24, 2.45) is 0 Å². The normalized spacial score (nSPS) is 10.1. The molecule has 0 aliphatic rings. The van der Waals surface area contributed by atoms with E-state index < -0.39 is 0 Å². The van der Waals surface area contributed by atoms with Gasteiger partial charge in [0.25, 0.3) is 0 Å². The number of carbonyl (C=O) groups excluding carboxylic acids is 1. The van der Waals surface area contributed by atoms with Crippen LogP contribution in [0.4, 0.5) is 0 Å². The lowest BCUT2D eigenvalue weighted by molar-refractivity contribution is -0.117. The second-order valence-electron chi connectivity index (χ2n) is 2.36. The topological polar surface area (TPSA) is 42.9 Å². The second-order valence-corrected chi connectivity index (χ2v) is 4.53. The van der Waals surface area contributed by atoms with Gasteiger partial charge in [-0.25, -0.2) is 0 Å². The molecule has 1 rings (SSSR count). The number of Topliss-reactive ketones (excluding diaryl/α,β-unsaturated/α-hetero) is 1. The summed E-state index contributed by atoms with van der Waals surface area (Å²) < 4.78 is 0.985. The van der Waals surface area contributed by atoms with Crippen molar-refractivity contribution in [2.75, 3.05) is 5.75 Å². The minimum Gasteiger partial charge on any atom is -0.300 e. The number of hydrogen-bond donors (Lipinski definition) is 0. The van der Waals surface area contributed by atoms with Crippen LogP contribution in [0, 0.1) is 0 Å². The van der Waals surface area contributed by atoms with Crippen molar-refractivity contribution in [3.05, 3.63) is 5.51 Å². The number of carbonyl (C=O) groups is 1. The van der Waals surface area contributed by atoms with Gasteiger partial charge in [0, 0.05) is 12.2 Å². The highest BCUT2D eigenvalue weighted by Gasteiger charge is 1.98. The summed E-state index contributed by atoms with van der Waals surface area (Å²) in [4.78, 5) is 10.6. The van der Waals surface area contributed by atoms with Crippen LogP contribution >= 0.6 is 23.1 Å². The van der Waals surface area contributed by atoms with E-state index in [1.807, 2.05) is 0 Å². The largest absolute Gasteiger partial charge is 0.300 e. The van der Waals surface area contributed by atoms with E-state index in [2.05, 4.69) is 10.2 Å². The third-order valence-corrected chi connectivity index (χ3v) is 3.19. The molecule has 0 spiro atoms. The Balaban J connectivity index is 2.07. The van der Waals surface area contributed by atoms with Crippen molar-refractivity contribution in [2.45, 2.75) is 24.1 Å². The highest BCUT2D eigenvalue weighted by Crippen LogP contribution is 2.19. The van der Waals surface area contributed by atoms with E-state index in [0.29, 0.717) is 6.42 Å². The number of thioether (sulfide) groups is 1. The number of rotatable bonds is 5. The fraction of sp³-hybridized carbons (Fsp3) is 0.571. The first kappa shape index (κ1) is 9.67. The third-order valence-electron chi connectivity index (χ3n) is 1.24. The first-order valence-corrected chi connectivity index (χ1v) is 5.54. The molecule has 1 heterocycles. The van der Waals surface area contributed by atoms with Crippen LogP contribution in [0.5, 0.6) is 0 Å². The van der Waals surface area contributed by atoms with Gasteiger partial charge in [0.2, 0.25) is 0 Å². The summed E-state index contributed by atoms with van der Waals surface area (Å²) in [5, 5.41) is 7.60. The zero-order valence-corrected chi connectivity index (χ0v) is 8.45. The standard InChI is InChI=1S/C7H10N2OS2/c1-6(10)3-2-4-11-7-9-8-5-12-7/h5H,2-4H2,1H3. The summed E-state index contributed by atoms with van der Waals surface area (Å²) in [6.07, 6.45) is 1.60. The van der Waals surface area contributed by atoms with E-state index in [-0.39, 0.29) is 5.78 Å². The van der Waals surface area contributed by atoms with Crippen LogP contribution < -0.4 is 0 Å². The lowest BCUT2D eigenvalue weighted by Crippen LogP contribution is -1.90. The van der Waals surface area contributed by atoms with Crippen LogP contribution in [0.1, 0.15) is 19.8 Å². The molecule has 12 heavy (non-hydrogen) atoms. The molecule has 0 N–H and O–H groups in total. The molecule has 0 fully saturated rings. The lowest BCUT2D eigenvalue weighted by atomic mass is 10.3. The van der Waals surface area contributed by atoms with E-state index >= 15 is 0 Å². The van der Waals surface area contributed by atoms with Gasteiger partial charge < -0.3 is 4.79 Å². The molecule has 0 radical (unpaired) electrons. The Labute approximate surface area is 79.6 Å². The molecule has 0 saturated heterocycles. The number of nitrogens with zero attached hydrogens (tertiary/aromatic N) is 2. The van der Waals surface area contributed by atoms with Crippen LogP contribution in [0.3, 0.4) is 0 Å². The Hall–Kier alpha value is -0.420. The maximum Gasteiger partial charge on any atom is 0.174 e. The quantitative estimate of drug-likeness (QED) is 0.541. The van der Waals surface area contributed by atoms with Crippen LogP contribution in [-0.4, -0.2) is 21.7 Å². The number of hydrogen-bond acceptors (Lipinski definition) is 5. The SMILES string of the molecule is CC(=O)CCCSc1nncs1. The Morgan fingerprint density at radius 1 is 1.75 bits per heavy atom. The van der Waals surface area contributed by atoms with E-state index in [1.54, 1.807) is 24.2 Å². The van der Waals surface area contributed by atoms with Gasteiger partial charge in [-0.1, -0.05) is 23.1 Å². The van der Waals surface area contributed by atoms with Gasteiger partial charge in [0.05, 0.1) is 0 Å². The molecular formula is C7H10N2OS2. The summed E-state index contributed by atoms with van der Waals surface area (Å²) in [6, 6.07) is 0. The average molecular weight is 202 g/mol. The van der Waals surface area contributed by atoms with E-state index in [4.69, 9.17) is 0 Å². The molecule has 3 nitrogen and oxygen atoms in total. The minimum atomic E-state index is 0.257. The van der Waals surface area contributed by atoms with Gasteiger partial charge in [-0.15, -0.1) is 10.2 Å². The van der Waals surface area contributed by atoms with Crippen LogP contribution in [0.15, 0.2) is 9.85 Å². The van der Waals surface area contributed by atoms with Crippen molar-refractivity contribution in [1.29, 1.82) is 0 Å². The molecule has 0 amide bonds. The van der Waals surface area contributed by atoms with Crippen LogP contribution in [0.25, 0.3) is 0 Å². The summed E-state index contributed by atoms with van der Waals surface area (Å²) in [5.74, 6) is 1.21. The summed E-state index contributed by atoms with van der Waals surface area (Å²) in [5.41, 5.74) is 1.72. The predicted molar refractivity (Wildman–Crippen MR) is 50.5 cm³/mol. The molecule has 0 atom stereocenters. The third kappa shape index (κ3) is 3.82. The molecule has 66 valence electrons. The average Bonchev–Trinajstić information content (AvgIpc) is 2.49. The van der Waals surface area contributed by atoms with E-state index in [9.17, 15) is 4.79 Å². The Bertz CT molecular complexity index is 236. The van der Waals surface area contributed by atoms with Gasteiger partial charge in [-0.2, -0.15) is 0 Å². The van der Waals surface area contributed by atoms with E-state index in [0.717, 1.165) is 16.5 Å². The van der Waals surface area contributed by atoms with Crippen molar-refractivity contribution in [1.82, 2.24) is 10.2 Å². The fourth-order valence-corrected chi connectivity index (χ4v) is 2.20. The molecule has 0 bridgehead atoms. The molecule has 1 aromatic rings. The maximum atomic E-state index is 10.6. The van der Waals surface area contributed by atoms with Gasteiger partial charge in [-0.05, 0) is 13.3 Å². The highest BCUT2D eigenvalue weighted by molar-refractivity contribution is 8.00. The molecular weight excluding hydrogens is 192 g/mol. The molecule has 0 aliphatic heterocycles. The molecule has 5 heteroatoms. The molecule has 0 saturated carbocycles. The highest BCUT2D eigenvalue weighted by atomic mass is 32.2.